The van der Waals surface area contributed by atoms with Gasteiger partial charge in [0, 0.05) is 10.5 Å². The highest BCUT2D eigenvalue weighted by molar-refractivity contribution is 9.10. The highest BCUT2D eigenvalue weighted by Crippen LogP contribution is 2.24. The molecule has 2 rings (SSSR count). The first kappa shape index (κ1) is 15.7. The van der Waals surface area contributed by atoms with Crippen LogP contribution in [0.2, 0.25) is 0 Å². The lowest BCUT2D eigenvalue weighted by Gasteiger charge is -2.23. The minimum absolute atomic E-state index is 0.0640. The normalized spacial score (nSPS) is 19.8. The number of rotatable bonds is 5. The second-order valence-electron chi connectivity index (χ2n) is 4.98. The van der Waals surface area contributed by atoms with E-state index in [0.29, 0.717) is 16.6 Å². The summed E-state index contributed by atoms with van der Waals surface area (Å²) in [6.07, 6.45) is 3.92. The Morgan fingerprint density at radius 3 is 2.85 bits per heavy atom. The Labute approximate surface area is 127 Å². The summed E-state index contributed by atoms with van der Waals surface area (Å²) in [6, 6.07) is 4.15. The van der Waals surface area contributed by atoms with Crippen LogP contribution in [-0.2, 0) is 10.0 Å². The van der Waals surface area contributed by atoms with E-state index in [1.165, 1.54) is 18.2 Å². The highest BCUT2D eigenvalue weighted by Gasteiger charge is 2.18. The zero-order valence-electron chi connectivity index (χ0n) is 11.0. The predicted molar refractivity (Wildman–Crippen MR) is 81.8 cm³/mol. The lowest BCUT2D eigenvalue weighted by atomic mass is 10.0. The van der Waals surface area contributed by atoms with Gasteiger partial charge in [-0.3, -0.25) is 4.72 Å². The van der Waals surface area contributed by atoms with Gasteiger partial charge in [-0.2, -0.15) is 0 Å². The van der Waals surface area contributed by atoms with Gasteiger partial charge in [-0.05, 0) is 59.9 Å². The van der Waals surface area contributed by atoms with E-state index in [4.69, 9.17) is 0 Å². The number of nitrogens with one attached hydrogen (secondary N) is 2. The zero-order valence-corrected chi connectivity index (χ0v) is 13.4. The van der Waals surface area contributed by atoms with Crippen LogP contribution in [-0.4, -0.2) is 26.8 Å². The summed E-state index contributed by atoms with van der Waals surface area (Å²) < 4.78 is 39.9. The second-order valence-corrected chi connectivity index (χ2v) is 7.68. The summed E-state index contributed by atoms with van der Waals surface area (Å²) in [6.45, 7) is 0.960. The molecule has 0 saturated carbocycles. The Kier molecular flexibility index (Phi) is 5.40. The van der Waals surface area contributed by atoms with E-state index in [1.807, 2.05) is 0 Å². The molecule has 4 nitrogen and oxygen atoms in total. The van der Waals surface area contributed by atoms with Crippen LogP contribution in [0.15, 0.2) is 22.7 Å². The lowest BCUT2D eigenvalue weighted by Crippen LogP contribution is -2.36. The highest BCUT2D eigenvalue weighted by atomic mass is 79.9. The molecule has 0 amide bonds. The molecule has 7 heteroatoms. The minimum atomic E-state index is -3.41. The molecule has 2 N–H and O–H groups in total. The second kappa shape index (κ2) is 6.87. The van der Waals surface area contributed by atoms with Crippen molar-refractivity contribution in [2.24, 2.45) is 0 Å². The molecule has 0 aliphatic carbocycles. The molecule has 1 heterocycles. The van der Waals surface area contributed by atoms with E-state index in [1.54, 1.807) is 0 Å². The average molecular weight is 365 g/mol. The number of hydrogen-bond donors (Lipinski definition) is 2. The van der Waals surface area contributed by atoms with Gasteiger partial charge in [0.2, 0.25) is 10.0 Å². The van der Waals surface area contributed by atoms with Crippen molar-refractivity contribution in [2.75, 3.05) is 17.0 Å². The maximum absolute atomic E-state index is 13.0. The molecule has 1 fully saturated rings. The average Bonchev–Trinajstić information content (AvgIpc) is 2.41. The van der Waals surface area contributed by atoms with Crippen molar-refractivity contribution >= 4 is 31.6 Å². The quantitative estimate of drug-likeness (QED) is 0.844. The molecule has 1 aliphatic heterocycles. The van der Waals surface area contributed by atoms with Crippen molar-refractivity contribution in [3.63, 3.8) is 0 Å². The Hall–Kier alpha value is -0.660. The molecule has 1 aliphatic rings. The van der Waals surface area contributed by atoms with Gasteiger partial charge in [-0.1, -0.05) is 6.42 Å². The predicted octanol–water partition coefficient (Wildman–Crippen LogP) is 2.86. The first-order valence-electron chi connectivity index (χ1n) is 6.65. The van der Waals surface area contributed by atoms with Gasteiger partial charge in [0.15, 0.2) is 0 Å². The van der Waals surface area contributed by atoms with Gasteiger partial charge < -0.3 is 5.32 Å². The fourth-order valence-corrected chi connectivity index (χ4v) is 4.05. The van der Waals surface area contributed by atoms with Gasteiger partial charge in [-0.15, -0.1) is 0 Å². The Balaban J connectivity index is 1.93. The van der Waals surface area contributed by atoms with Crippen molar-refractivity contribution in [3.05, 3.63) is 28.5 Å². The van der Waals surface area contributed by atoms with E-state index in [-0.39, 0.29) is 11.8 Å². The monoisotopic (exact) mass is 364 g/mol. The molecular weight excluding hydrogens is 347 g/mol. The smallest absolute Gasteiger partial charge is 0.232 e. The number of benzene rings is 1. The molecule has 0 spiro atoms. The summed E-state index contributed by atoms with van der Waals surface area (Å²) in [5, 5.41) is 3.32. The van der Waals surface area contributed by atoms with Crippen LogP contribution in [0.4, 0.5) is 10.1 Å². The summed E-state index contributed by atoms with van der Waals surface area (Å²) in [7, 11) is -3.41. The van der Waals surface area contributed by atoms with Crippen LogP contribution in [0.1, 0.15) is 25.7 Å². The van der Waals surface area contributed by atoms with Crippen LogP contribution in [0.5, 0.6) is 0 Å². The van der Waals surface area contributed by atoms with Crippen molar-refractivity contribution in [1.82, 2.24) is 5.32 Å². The molecule has 1 unspecified atom stereocenters. The van der Waals surface area contributed by atoms with Crippen molar-refractivity contribution in [3.8, 4) is 0 Å². The molecular formula is C13H18BrFN2O2S. The SMILES string of the molecule is O=S(=O)(CCC1CCCCN1)Nc1ccc(F)cc1Br. The van der Waals surface area contributed by atoms with Gasteiger partial charge in [-0.25, -0.2) is 12.8 Å². The summed E-state index contributed by atoms with van der Waals surface area (Å²) >= 11 is 3.15. The number of halogens is 2. The maximum atomic E-state index is 13.0. The summed E-state index contributed by atoms with van der Waals surface area (Å²) in [4.78, 5) is 0. The van der Waals surface area contributed by atoms with Gasteiger partial charge >= 0.3 is 0 Å². The van der Waals surface area contributed by atoms with E-state index in [9.17, 15) is 12.8 Å². The Bertz CT molecular complexity index is 559. The standard InChI is InChI=1S/C13H18BrFN2O2S/c14-12-9-10(15)4-5-13(12)17-20(18,19)8-6-11-3-1-2-7-16-11/h4-5,9,11,16-17H,1-3,6-8H2. The Morgan fingerprint density at radius 2 is 2.20 bits per heavy atom. The topological polar surface area (TPSA) is 58.2 Å². The van der Waals surface area contributed by atoms with Crippen molar-refractivity contribution < 1.29 is 12.8 Å². The molecule has 1 saturated heterocycles. The van der Waals surface area contributed by atoms with Crippen molar-refractivity contribution in [1.29, 1.82) is 0 Å². The summed E-state index contributed by atoms with van der Waals surface area (Å²) in [5.41, 5.74) is 0.364. The van der Waals surface area contributed by atoms with Crippen LogP contribution in [0, 0.1) is 5.82 Å². The Morgan fingerprint density at radius 1 is 1.40 bits per heavy atom. The molecule has 1 aromatic carbocycles. The van der Waals surface area contributed by atoms with Gasteiger partial charge in [0.1, 0.15) is 5.82 Å². The number of piperidine rings is 1. The van der Waals surface area contributed by atoms with Gasteiger partial charge in [0.25, 0.3) is 0 Å². The molecule has 0 bridgehead atoms. The fraction of sp³-hybridized carbons (Fsp3) is 0.538. The molecule has 20 heavy (non-hydrogen) atoms. The van der Waals surface area contributed by atoms with Crippen LogP contribution < -0.4 is 10.0 Å². The molecule has 1 aromatic rings. The van der Waals surface area contributed by atoms with Crippen LogP contribution in [0.25, 0.3) is 0 Å². The molecule has 0 radical (unpaired) electrons. The van der Waals surface area contributed by atoms with E-state index < -0.39 is 15.8 Å². The van der Waals surface area contributed by atoms with E-state index >= 15 is 0 Å². The number of hydrogen-bond acceptors (Lipinski definition) is 3. The third kappa shape index (κ3) is 4.71. The van der Waals surface area contributed by atoms with E-state index in [2.05, 4.69) is 26.0 Å². The number of sulfonamides is 1. The van der Waals surface area contributed by atoms with Crippen molar-refractivity contribution in [2.45, 2.75) is 31.7 Å². The molecule has 112 valence electrons. The minimum Gasteiger partial charge on any atom is -0.314 e. The first-order valence-corrected chi connectivity index (χ1v) is 9.10. The fourth-order valence-electron chi connectivity index (χ4n) is 2.26. The molecule has 0 aromatic heterocycles. The largest absolute Gasteiger partial charge is 0.314 e. The maximum Gasteiger partial charge on any atom is 0.232 e. The number of anilines is 1. The van der Waals surface area contributed by atoms with Crippen LogP contribution >= 0.6 is 15.9 Å². The van der Waals surface area contributed by atoms with Gasteiger partial charge in [0.05, 0.1) is 11.4 Å². The van der Waals surface area contributed by atoms with E-state index in [0.717, 1.165) is 25.8 Å². The van der Waals surface area contributed by atoms with Crippen LogP contribution in [0.3, 0.4) is 0 Å². The summed E-state index contributed by atoms with van der Waals surface area (Å²) in [5.74, 6) is -0.347. The lowest BCUT2D eigenvalue weighted by molar-refractivity contribution is 0.393. The zero-order chi connectivity index (χ0) is 14.6. The third-order valence-corrected chi connectivity index (χ3v) is 5.30. The molecule has 1 atom stereocenters. The third-order valence-electron chi connectivity index (χ3n) is 3.34. The first-order chi connectivity index (χ1) is 9.46.